The molecular weight excluding hydrogens is 264 g/mol. The van der Waals surface area contributed by atoms with Gasteiger partial charge in [-0.05, 0) is 23.3 Å². The van der Waals surface area contributed by atoms with E-state index < -0.39 is 0 Å². The van der Waals surface area contributed by atoms with Crippen molar-refractivity contribution in [3.05, 3.63) is 82.0 Å². The molecule has 5 nitrogen and oxygen atoms in total. The Kier molecular flexibility index (Phi) is 3.55. The number of rotatable bonds is 4. The molecule has 106 valence electrons. The molecule has 3 N–H and O–H groups in total. The first kappa shape index (κ1) is 13.2. The zero-order chi connectivity index (χ0) is 14.7. The molecule has 21 heavy (non-hydrogen) atoms. The van der Waals surface area contributed by atoms with Gasteiger partial charge in [0.2, 0.25) is 0 Å². The van der Waals surface area contributed by atoms with Crippen molar-refractivity contribution in [1.29, 1.82) is 0 Å². The predicted molar refractivity (Wildman–Crippen MR) is 82.1 cm³/mol. The molecule has 0 saturated heterocycles. The lowest BCUT2D eigenvalue weighted by Crippen LogP contribution is -2.19. The predicted octanol–water partition coefficient (Wildman–Crippen LogP) is 1.79. The maximum absolute atomic E-state index is 11.9. The molecule has 0 fully saturated rings. The summed E-state index contributed by atoms with van der Waals surface area (Å²) < 4.78 is 1.66. The monoisotopic (exact) mass is 280 g/mol. The third kappa shape index (κ3) is 3.02. The number of nitrogens with one attached hydrogen (secondary N) is 1. The van der Waals surface area contributed by atoms with Crippen molar-refractivity contribution in [2.75, 3.05) is 5.73 Å². The smallest absolute Gasteiger partial charge is 0.343 e. The van der Waals surface area contributed by atoms with E-state index in [1.807, 2.05) is 54.6 Å². The zero-order valence-electron chi connectivity index (χ0n) is 11.5. The van der Waals surface area contributed by atoms with Gasteiger partial charge in [0, 0.05) is 12.1 Å². The number of aromatic nitrogens is 3. The Morgan fingerprint density at radius 3 is 2.43 bits per heavy atom. The van der Waals surface area contributed by atoms with Crippen molar-refractivity contribution in [2.45, 2.75) is 13.0 Å². The summed E-state index contributed by atoms with van der Waals surface area (Å²) in [7, 11) is 0. The van der Waals surface area contributed by atoms with Crippen LogP contribution in [0, 0.1) is 0 Å². The van der Waals surface area contributed by atoms with Crippen molar-refractivity contribution >= 4 is 5.69 Å². The van der Waals surface area contributed by atoms with E-state index in [4.69, 9.17) is 5.73 Å². The minimum absolute atomic E-state index is 0.190. The van der Waals surface area contributed by atoms with Crippen LogP contribution in [0.5, 0.6) is 0 Å². The van der Waals surface area contributed by atoms with Gasteiger partial charge in [-0.1, -0.05) is 42.5 Å². The molecule has 3 rings (SSSR count). The molecule has 5 heteroatoms. The second-order valence-electron chi connectivity index (χ2n) is 4.94. The molecule has 0 aliphatic heterocycles. The third-order valence-electron chi connectivity index (χ3n) is 3.36. The average molecular weight is 280 g/mol. The standard InChI is InChI=1S/C16H16N4O/c17-14-8-6-12(7-9-14)10-15-18-19-16(21)20(15)11-13-4-2-1-3-5-13/h1-9H,10-11,17H2,(H,19,21). The lowest BCUT2D eigenvalue weighted by atomic mass is 10.1. The van der Waals surface area contributed by atoms with E-state index >= 15 is 0 Å². The van der Waals surface area contributed by atoms with Crippen LogP contribution in [-0.4, -0.2) is 14.8 Å². The maximum Gasteiger partial charge on any atom is 0.343 e. The Labute approximate surface area is 122 Å². The van der Waals surface area contributed by atoms with Gasteiger partial charge in [-0.15, -0.1) is 0 Å². The number of nitrogens with zero attached hydrogens (tertiary/aromatic N) is 2. The number of nitrogens with two attached hydrogens (primary N) is 1. The summed E-state index contributed by atoms with van der Waals surface area (Å²) in [5.74, 6) is 0.716. The molecule has 0 amide bonds. The van der Waals surface area contributed by atoms with Crippen LogP contribution in [0.2, 0.25) is 0 Å². The van der Waals surface area contributed by atoms with Crippen LogP contribution in [0.1, 0.15) is 17.0 Å². The fourth-order valence-corrected chi connectivity index (χ4v) is 2.23. The summed E-state index contributed by atoms with van der Waals surface area (Å²) in [6.07, 6.45) is 0.589. The van der Waals surface area contributed by atoms with E-state index in [1.54, 1.807) is 4.57 Å². The lowest BCUT2D eigenvalue weighted by Gasteiger charge is -2.06. The summed E-state index contributed by atoms with van der Waals surface area (Å²) in [4.78, 5) is 11.9. The summed E-state index contributed by atoms with van der Waals surface area (Å²) in [6.45, 7) is 0.514. The Morgan fingerprint density at radius 1 is 1.00 bits per heavy atom. The summed E-state index contributed by atoms with van der Waals surface area (Å²) in [5.41, 5.74) is 8.35. The van der Waals surface area contributed by atoms with E-state index in [9.17, 15) is 4.79 Å². The minimum atomic E-state index is -0.190. The quantitative estimate of drug-likeness (QED) is 0.715. The molecular formula is C16H16N4O. The number of H-pyrrole nitrogens is 1. The molecule has 0 bridgehead atoms. The second-order valence-corrected chi connectivity index (χ2v) is 4.94. The van der Waals surface area contributed by atoms with Gasteiger partial charge in [0.05, 0.1) is 6.54 Å². The van der Waals surface area contributed by atoms with Crippen LogP contribution >= 0.6 is 0 Å². The molecule has 1 heterocycles. The molecule has 0 radical (unpaired) electrons. The van der Waals surface area contributed by atoms with Gasteiger partial charge in [0.25, 0.3) is 0 Å². The van der Waals surface area contributed by atoms with Gasteiger partial charge in [-0.3, -0.25) is 4.57 Å². The fraction of sp³-hybridized carbons (Fsp3) is 0.125. The highest BCUT2D eigenvalue weighted by atomic mass is 16.1. The summed E-state index contributed by atoms with van der Waals surface area (Å²) >= 11 is 0. The Morgan fingerprint density at radius 2 is 1.71 bits per heavy atom. The first-order chi connectivity index (χ1) is 10.2. The molecule has 1 aromatic heterocycles. The highest BCUT2D eigenvalue weighted by Gasteiger charge is 2.09. The van der Waals surface area contributed by atoms with Crippen LogP contribution < -0.4 is 11.4 Å². The van der Waals surface area contributed by atoms with Crippen molar-refractivity contribution in [3.8, 4) is 0 Å². The molecule has 3 aromatic rings. The van der Waals surface area contributed by atoms with E-state index in [0.717, 1.165) is 16.8 Å². The number of hydrogen-bond donors (Lipinski definition) is 2. The van der Waals surface area contributed by atoms with Gasteiger partial charge in [0.15, 0.2) is 0 Å². The van der Waals surface area contributed by atoms with Gasteiger partial charge < -0.3 is 5.73 Å². The first-order valence-corrected chi connectivity index (χ1v) is 6.75. The van der Waals surface area contributed by atoms with Gasteiger partial charge in [0.1, 0.15) is 5.82 Å². The van der Waals surface area contributed by atoms with Crippen LogP contribution in [0.4, 0.5) is 5.69 Å². The summed E-state index contributed by atoms with van der Waals surface area (Å²) in [5, 5.41) is 6.65. The maximum atomic E-state index is 11.9. The van der Waals surface area contributed by atoms with Crippen molar-refractivity contribution < 1.29 is 0 Å². The molecule has 0 aliphatic carbocycles. The van der Waals surface area contributed by atoms with Crippen LogP contribution in [0.3, 0.4) is 0 Å². The molecule has 0 atom stereocenters. The molecule has 0 saturated carbocycles. The second kappa shape index (κ2) is 5.66. The van der Waals surface area contributed by atoms with Crippen molar-refractivity contribution in [1.82, 2.24) is 14.8 Å². The number of benzene rings is 2. The van der Waals surface area contributed by atoms with E-state index in [2.05, 4.69) is 10.2 Å². The topological polar surface area (TPSA) is 76.7 Å². The lowest BCUT2D eigenvalue weighted by molar-refractivity contribution is 0.717. The van der Waals surface area contributed by atoms with Crippen LogP contribution in [0.15, 0.2) is 59.4 Å². The SMILES string of the molecule is Nc1ccc(Cc2n[nH]c(=O)n2Cc2ccccc2)cc1. The van der Waals surface area contributed by atoms with E-state index in [1.165, 1.54) is 0 Å². The minimum Gasteiger partial charge on any atom is -0.399 e. The zero-order valence-corrected chi connectivity index (χ0v) is 11.5. The average Bonchev–Trinajstić information content (AvgIpc) is 2.84. The van der Waals surface area contributed by atoms with Gasteiger partial charge in [-0.2, -0.15) is 5.10 Å². The number of aromatic amines is 1. The molecule has 2 aromatic carbocycles. The fourth-order valence-electron chi connectivity index (χ4n) is 2.23. The van der Waals surface area contributed by atoms with Gasteiger partial charge in [-0.25, -0.2) is 9.89 Å². The van der Waals surface area contributed by atoms with E-state index in [0.29, 0.717) is 18.8 Å². The van der Waals surface area contributed by atoms with E-state index in [-0.39, 0.29) is 5.69 Å². The van der Waals surface area contributed by atoms with Gasteiger partial charge >= 0.3 is 5.69 Å². The Bertz CT molecular complexity index is 772. The van der Waals surface area contributed by atoms with Crippen LogP contribution in [0.25, 0.3) is 0 Å². The van der Waals surface area contributed by atoms with Crippen molar-refractivity contribution in [2.24, 2.45) is 0 Å². The Balaban J connectivity index is 1.87. The highest BCUT2D eigenvalue weighted by molar-refractivity contribution is 5.39. The number of anilines is 1. The Hall–Kier alpha value is -2.82. The number of hydrogen-bond acceptors (Lipinski definition) is 3. The first-order valence-electron chi connectivity index (χ1n) is 6.75. The number of nitrogen functional groups attached to an aromatic ring is 1. The highest BCUT2D eigenvalue weighted by Crippen LogP contribution is 2.10. The largest absolute Gasteiger partial charge is 0.399 e. The van der Waals surface area contributed by atoms with Crippen molar-refractivity contribution in [3.63, 3.8) is 0 Å². The third-order valence-corrected chi connectivity index (χ3v) is 3.36. The molecule has 0 aliphatic rings. The molecule has 0 unspecified atom stereocenters. The summed E-state index contributed by atoms with van der Waals surface area (Å²) in [6, 6.07) is 17.4. The van der Waals surface area contributed by atoms with Crippen LogP contribution in [-0.2, 0) is 13.0 Å². The normalized spacial score (nSPS) is 10.7. The molecule has 0 spiro atoms.